The van der Waals surface area contributed by atoms with Gasteiger partial charge in [0, 0.05) is 25.1 Å². The summed E-state index contributed by atoms with van der Waals surface area (Å²) in [5, 5.41) is 3.84. The van der Waals surface area contributed by atoms with Gasteiger partial charge in [0.05, 0.1) is 17.6 Å². The molecule has 3 heterocycles. The van der Waals surface area contributed by atoms with Gasteiger partial charge in [-0.05, 0) is 25.8 Å². The fraction of sp³-hybridized carbons (Fsp3) is 0.389. The van der Waals surface area contributed by atoms with E-state index in [4.69, 9.17) is 10.3 Å². The molecular formula is C18H20F3N5O2. The lowest BCUT2D eigenvalue weighted by Crippen LogP contribution is -2.33. The Kier molecular flexibility index (Phi) is 5.30. The number of nitrogens with two attached hydrogens (primary N) is 1. The third-order valence-corrected chi connectivity index (χ3v) is 4.75. The van der Waals surface area contributed by atoms with E-state index in [1.54, 1.807) is 6.92 Å². The minimum absolute atomic E-state index is 0.0138. The topological polar surface area (TPSA) is 90.2 Å². The van der Waals surface area contributed by atoms with Crippen LogP contribution in [0.5, 0.6) is 0 Å². The van der Waals surface area contributed by atoms with Crippen LogP contribution in [0.15, 0.2) is 29.7 Å². The Bertz CT molecular complexity index is 905. The number of aryl methyl sites for hydroxylation is 1. The van der Waals surface area contributed by atoms with Crippen molar-refractivity contribution in [3.8, 4) is 0 Å². The number of carbonyl (C=O) groups excluding carboxylic acids is 1. The molecule has 0 aromatic carbocycles. The van der Waals surface area contributed by atoms with Crippen LogP contribution in [0.1, 0.15) is 46.3 Å². The molecule has 1 amide bonds. The highest BCUT2D eigenvalue weighted by atomic mass is 19.4. The summed E-state index contributed by atoms with van der Waals surface area (Å²) in [6, 6.07) is 0. The summed E-state index contributed by atoms with van der Waals surface area (Å²) in [6.07, 6.45) is 0.819. The van der Waals surface area contributed by atoms with Crippen LogP contribution in [0.3, 0.4) is 0 Å². The summed E-state index contributed by atoms with van der Waals surface area (Å²) in [7, 11) is 0. The van der Waals surface area contributed by atoms with Crippen molar-refractivity contribution in [1.29, 1.82) is 0 Å². The van der Waals surface area contributed by atoms with Gasteiger partial charge in [0.2, 0.25) is 0 Å². The quantitative estimate of drug-likeness (QED) is 0.840. The molecule has 0 bridgehead atoms. The number of allylic oxidation sites excluding steroid dienone is 1. The molecule has 0 aliphatic carbocycles. The average molecular weight is 395 g/mol. The van der Waals surface area contributed by atoms with Gasteiger partial charge in [-0.2, -0.15) is 13.2 Å². The van der Waals surface area contributed by atoms with Gasteiger partial charge >= 0.3 is 6.18 Å². The molecule has 1 saturated heterocycles. The molecule has 2 N–H and O–H groups in total. The van der Waals surface area contributed by atoms with Gasteiger partial charge in [0.25, 0.3) is 5.91 Å². The number of hydrogen-bond donors (Lipinski definition) is 1. The average Bonchev–Trinajstić information content (AvgIpc) is 3.25. The predicted molar refractivity (Wildman–Crippen MR) is 96.0 cm³/mol. The molecule has 7 nitrogen and oxygen atoms in total. The lowest BCUT2D eigenvalue weighted by atomic mass is 9.91. The number of carbonyl (C=O) groups is 1. The number of likely N-dealkylation sites (tertiary alicyclic amines) is 1. The fourth-order valence-corrected chi connectivity index (χ4v) is 3.34. The first-order valence-corrected chi connectivity index (χ1v) is 8.66. The van der Waals surface area contributed by atoms with Crippen LogP contribution in [-0.2, 0) is 0 Å². The molecule has 0 radical (unpaired) electrons. The Morgan fingerprint density at radius 3 is 2.68 bits per heavy atom. The number of aromatic nitrogens is 3. The van der Waals surface area contributed by atoms with Gasteiger partial charge in [0.1, 0.15) is 17.7 Å². The molecule has 0 spiro atoms. The SMILES string of the molecule is C=C(N1CCC(c2onc(C)c2C(N)=O)CC1)n1cncc1/C=C/C(F)(F)F. The molecule has 0 atom stereocenters. The molecule has 1 aliphatic rings. The van der Waals surface area contributed by atoms with Gasteiger partial charge in [-0.3, -0.25) is 9.36 Å². The van der Waals surface area contributed by atoms with E-state index in [0.29, 0.717) is 48.8 Å². The van der Waals surface area contributed by atoms with Crippen molar-refractivity contribution in [3.05, 3.63) is 47.9 Å². The van der Waals surface area contributed by atoms with E-state index in [1.807, 2.05) is 4.90 Å². The molecule has 2 aromatic rings. The lowest BCUT2D eigenvalue weighted by Gasteiger charge is -2.34. The van der Waals surface area contributed by atoms with E-state index < -0.39 is 12.1 Å². The Hall–Kier alpha value is -3.04. The Balaban J connectivity index is 1.69. The van der Waals surface area contributed by atoms with Crippen LogP contribution >= 0.6 is 0 Å². The standard InChI is InChI=1S/C18H20F3N5O2/c1-11-15(17(22)27)16(28-24-11)13-4-7-25(8-5-13)12(2)26-10-23-9-14(26)3-6-18(19,20)21/h3,6,9-10,13H,2,4-5,7-8H2,1H3,(H2,22,27)/b6-3+. The van der Waals surface area contributed by atoms with Crippen LogP contribution in [0.25, 0.3) is 11.9 Å². The van der Waals surface area contributed by atoms with E-state index >= 15 is 0 Å². The van der Waals surface area contributed by atoms with Gasteiger partial charge in [-0.1, -0.05) is 11.7 Å². The van der Waals surface area contributed by atoms with Crippen LogP contribution in [0, 0.1) is 6.92 Å². The largest absolute Gasteiger partial charge is 0.409 e. The van der Waals surface area contributed by atoms with Crippen molar-refractivity contribution < 1.29 is 22.5 Å². The van der Waals surface area contributed by atoms with Crippen molar-refractivity contribution in [2.45, 2.75) is 31.9 Å². The minimum atomic E-state index is -4.40. The highest BCUT2D eigenvalue weighted by Gasteiger charge is 2.30. The third kappa shape index (κ3) is 4.10. The van der Waals surface area contributed by atoms with Crippen LogP contribution in [0.2, 0.25) is 0 Å². The fourth-order valence-electron chi connectivity index (χ4n) is 3.34. The second-order valence-corrected chi connectivity index (χ2v) is 6.61. The smallest absolute Gasteiger partial charge is 0.365 e. The number of nitrogens with zero attached hydrogens (tertiary/aromatic N) is 4. The first kappa shape index (κ1) is 19.7. The van der Waals surface area contributed by atoms with Crippen LogP contribution < -0.4 is 5.73 Å². The number of hydrogen-bond acceptors (Lipinski definition) is 5. The van der Waals surface area contributed by atoms with Crippen molar-refractivity contribution in [1.82, 2.24) is 19.6 Å². The number of alkyl halides is 3. The van der Waals surface area contributed by atoms with Crippen molar-refractivity contribution in [2.75, 3.05) is 13.1 Å². The molecule has 1 aliphatic heterocycles. The Labute approximate surface area is 159 Å². The normalized spacial score (nSPS) is 16.1. The summed E-state index contributed by atoms with van der Waals surface area (Å²) in [6.45, 7) is 6.83. The zero-order valence-corrected chi connectivity index (χ0v) is 15.2. The highest BCUT2D eigenvalue weighted by molar-refractivity contribution is 5.95. The second-order valence-electron chi connectivity index (χ2n) is 6.61. The Morgan fingerprint density at radius 1 is 1.39 bits per heavy atom. The van der Waals surface area contributed by atoms with E-state index in [-0.39, 0.29) is 17.7 Å². The van der Waals surface area contributed by atoms with Crippen molar-refractivity contribution in [2.24, 2.45) is 5.73 Å². The number of rotatable bonds is 5. The highest BCUT2D eigenvalue weighted by Crippen LogP contribution is 2.33. The summed E-state index contributed by atoms with van der Waals surface area (Å²) >= 11 is 0. The molecule has 0 saturated carbocycles. The molecule has 3 rings (SSSR count). The number of imidazole rings is 1. The summed E-state index contributed by atoms with van der Waals surface area (Å²) in [4.78, 5) is 17.5. The number of amides is 1. The van der Waals surface area contributed by atoms with Gasteiger partial charge < -0.3 is 15.2 Å². The zero-order valence-electron chi connectivity index (χ0n) is 15.2. The van der Waals surface area contributed by atoms with E-state index in [1.165, 1.54) is 17.1 Å². The van der Waals surface area contributed by atoms with Crippen molar-refractivity contribution in [3.63, 3.8) is 0 Å². The van der Waals surface area contributed by atoms with Gasteiger partial charge in [-0.15, -0.1) is 0 Å². The maximum Gasteiger partial charge on any atom is 0.409 e. The zero-order chi connectivity index (χ0) is 20.5. The summed E-state index contributed by atoms with van der Waals surface area (Å²) in [5.74, 6) is 0.438. The molecule has 1 fully saturated rings. The van der Waals surface area contributed by atoms with Crippen molar-refractivity contribution >= 4 is 17.8 Å². The number of primary amides is 1. The summed E-state index contributed by atoms with van der Waals surface area (Å²) < 4.78 is 44.1. The number of halogens is 3. The summed E-state index contributed by atoms with van der Waals surface area (Å²) in [5.41, 5.74) is 6.50. The minimum Gasteiger partial charge on any atom is -0.365 e. The van der Waals surface area contributed by atoms with E-state index in [9.17, 15) is 18.0 Å². The predicted octanol–water partition coefficient (Wildman–Crippen LogP) is 3.16. The van der Waals surface area contributed by atoms with Crippen LogP contribution in [-0.4, -0.2) is 44.8 Å². The maximum absolute atomic E-state index is 12.4. The van der Waals surface area contributed by atoms with E-state index in [0.717, 1.165) is 6.08 Å². The molecule has 28 heavy (non-hydrogen) atoms. The van der Waals surface area contributed by atoms with E-state index in [2.05, 4.69) is 16.7 Å². The molecule has 2 aromatic heterocycles. The molecular weight excluding hydrogens is 375 g/mol. The van der Waals surface area contributed by atoms with Crippen LogP contribution in [0.4, 0.5) is 13.2 Å². The number of piperidine rings is 1. The molecule has 10 heteroatoms. The second kappa shape index (κ2) is 7.53. The molecule has 150 valence electrons. The van der Waals surface area contributed by atoms with Gasteiger partial charge in [-0.25, -0.2) is 4.98 Å². The maximum atomic E-state index is 12.4. The Morgan fingerprint density at radius 2 is 2.07 bits per heavy atom. The first-order chi connectivity index (χ1) is 13.2. The third-order valence-electron chi connectivity index (χ3n) is 4.75. The first-order valence-electron chi connectivity index (χ1n) is 8.66. The molecule has 0 unspecified atom stereocenters. The lowest BCUT2D eigenvalue weighted by molar-refractivity contribution is -0.0790. The monoisotopic (exact) mass is 395 g/mol. The van der Waals surface area contributed by atoms with Gasteiger partial charge in [0.15, 0.2) is 5.76 Å².